The van der Waals surface area contributed by atoms with Gasteiger partial charge in [0.2, 0.25) is 0 Å². The number of halogens is 2. The van der Waals surface area contributed by atoms with Crippen LogP contribution in [0.4, 0.5) is 8.78 Å². The van der Waals surface area contributed by atoms with Gasteiger partial charge in [-0.05, 0) is 45.0 Å². The Balaban J connectivity index is 2.98. The maximum Gasteiger partial charge on any atom is 0.257 e. The molecule has 0 aromatic heterocycles. The molecule has 0 aliphatic rings. The Morgan fingerprint density at radius 3 is 2.61 bits per heavy atom. The molecule has 1 rings (SSSR count). The summed E-state index contributed by atoms with van der Waals surface area (Å²) in [6.45, 7) is 4.53. The first-order chi connectivity index (χ1) is 8.47. The second-order valence-electron chi connectivity index (χ2n) is 4.36. The lowest BCUT2D eigenvalue weighted by molar-refractivity contribution is 0.0699. The monoisotopic (exact) mass is 256 g/mol. The molecule has 3 nitrogen and oxygen atoms in total. The average Bonchev–Trinajstić information content (AvgIpc) is 2.32. The highest BCUT2D eigenvalue weighted by Crippen LogP contribution is 2.14. The molecule has 1 aromatic rings. The van der Waals surface area contributed by atoms with Gasteiger partial charge in [0, 0.05) is 12.6 Å². The van der Waals surface area contributed by atoms with Gasteiger partial charge >= 0.3 is 0 Å². The predicted molar refractivity (Wildman–Crippen MR) is 66.2 cm³/mol. The summed E-state index contributed by atoms with van der Waals surface area (Å²) < 4.78 is 26.6. The minimum Gasteiger partial charge on any atom is -0.336 e. The van der Waals surface area contributed by atoms with Crippen LogP contribution in [-0.2, 0) is 0 Å². The van der Waals surface area contributed by atoms with Crippen molar-refractivity contribution in [2.75, 3.05) is 13.1 Å². The number of rotatable bonds is 5. The molecule has 0 saturated carbocycles. The number of carbonyl (C=O) groups excluding carboxylic acids is 1. The average molecular weight is 256 g/mol. The van der Waals surface area contributed by atoms with E-state index in [0.29, 0.717) is 19.5 Å². The molecule has 0 saturated heterocycles. The molecule has 5 heteroatoms. The molecule has 0 aliphatic heterocycles. The first-order valence-corrected chi connectivity index (χ1v) is 5.93. The molecule has 1 amide bonds. The van der Waals surface area contributed by atoms with Gasteiger partial charge in [0.15, 0.2) is 0 Å². The Morgan fingerprint density at radius 2 is 2.06 bits per heavy atom. The maximum atomic E-state index is 13.5. The Morgan fingerprint density at radius 1 is 1.39 bits per heavy atom. The van der Waals surface area contributed by atoms with Crippen molar-refractivity contribution in [1.82, 2.24) is 4.90 Å². The normalized spacial score (nSPS) is 10.8. The first-order valence-electron chi connectivity index (χ1n) is 5.93. The maximum absolute atomic E-state index is 13.5. The van der Waals surface area contributed by atoms with E-state index in [9.17, 15) is 13.6 Å². The summed E-state index contributed by atoms with van der Waals surface area (Å²) in [6, 6.07) is 2.79. The van der Waals surface area contributed by atoms with Crippen LogP contribution in [0.3, 0.4) is 0 Å². The van der Waals surface area contributed by atoms with Crippen LogP contribution in [0.25, 0.3) is 0 Å². The van der Waals surface area contributed by atoms with Gasteiger partial charge < -0.3 is 10.6 Å². The lowest BCUT2D eigenvalue weighted by atomic mass is 10.1. The van der Waals surface area contributed by atoms with Crippen molar-refractivity contribution in [3.8, 4) is 0 Å². The zero-order valence-corrected chi connectivity index (χ0v) is 10.6. The Hall–Kier alpha value is -1.49. The van der Waals surface area contributed by atoms with Crippen LogP contribution in [-0.4, -0.2) is 29.9 Å². The van der Waals surface area contributed by atoms with Crippen molar-refractivity contribution in [1.29, 1.82) is 0 Å². The highest BCUT2D eigenvalue weighted by molar-refractivity contribution is 5.94. The summed E-state index contributed by atoms with van der Waals surface area (Å²) in [4.78, 5) is 13.6. The fourth-order valence-electron chi connectivity index (χ4n) is 1.67. The van der Waals surface area contributed by atoms with Gasteiger partial charge in [0.05, 0.1) is 5.56 Å². The smallest absolute Gasteiger partial charge is 0.257 e. The standard InChI is InChI=1S/C13H18F2N2O/c1-9(2)17(7-3-6-16)13(18)11-8-10(14)4-5-12(11)15/h4-5,8-9H,3,6-7,16H2,1-2H3. The summed E-state index contributed by atoms with van der Waals surface area (Å²) in [5, 5.41) is 0. The minimum atomic E-state index is -0.709. The highest BCUT2D eigenvalue weighted by Gasteiger charge is 2.21. The number of hydrogen-bond acceptors (Lipinski definition) is 2. The molecular weight excluding hydrogens is 238 g/mol. The molecule has 0 fully saturated rings. The molecule has 18 heavy (non-hydrogen) atoms. The molecule has 100 valence electrons. The third kappa shape index (κ3) is 3.50. The first kappa shape index (κ1) is 14.6. The molecule has 0 unspecified atom stereocenters. The number of hydrogen-bond donors (Lipinski definition) is 1. The van der Waals surface area contributed by atoms with E-state index in [-0.39, 0.29) is 11.6 Å². The second kappa shape index (κ2) is 6.44. The fraction of sp³-hybridized carbons (Fsp3) is 0.462. The largest absolute Gasteiger partial charge is 0.336 e. The van der Waals surface area contributed by atoms with E-state index in [1.807, 2.05) is 13.8 Å². The summed E-state index contributed by atoms with van der Waals surface area (Å²) in [5.74, 6) is -1.84. The number of carbonyl (C=O) groups is 1. The summed E-state index contributed by atoms with van der Waals surface area (Å²) in [7, 11) is 0. The van der Waals surface area contributed by atoms with E-state index in [1.165, 1.54) is 4.90 Å². The molecule has 0 aliphatic carbocycles. The van der Waals surface area contributed by atoms with Crippen LogP contribution in [0, 0.1) is 11.6 Å². The van der Waals surface area contributed by atoms with Gasteiger partial charge in [-0.25, -0.2) is 8.78 Å². The fourth-order valence-corrected chi connectivity index (χ4v) is 1.67. The zero-order chi connectivity index (χ0) is 13.7. The summed E-state index contributed by atoms with van der Waals surface area (Å²) in [6.07, 6.45) is 0.626. The quantitative estimate of drug-likeness (QED) is 0.877. The minimum absolute atomic E-state index is 0.0910. The Kier molecular flexibility index (Phi) is 5.22. The molecule has 0 radical (unpaired) electrons. The van der Waals surface area contributed by atoms with Gasteiger partial charge in [-0.3, -0.25) is 4.79 Å². The molecule has 2 N–H and O–H groups in total. The van der Waals surface area contributed by atoms with E-state index < -0.39 is 17.5 Å². The molecule has 0 spiro atoms. The van der Waals surface area contributed by atoms with Crippen LogP contribution in [0.1, 0.15) is 30.6 Å². The number of benzene rings is 1. The topological polar surface area (TPSA) is 46.3 Å². The van der Waals surface area contributed by atoms with E-state index in [2.05, 4.69) is 0 Å². The van der Waals surface area contributed by atoms with Crippen LogP contribution >= 0.6 is 0 Å². The Bertz CT molecular complexity index is 421. The van der Waals surface area contributed by atoms with Gasteiger partial charge in [0.1, 0.15) is 11.6 Å². The number of nitrogens with two attached hydrogens (primary N) is 1. The van der Waals surface area contributed by atoms with Crippen molar-refractivity contribution in [2.45, 2.75) is 26.3 Å². The molecular formula is C13H18F2N2O. The van der Waals surface area contributed by atoms with Gasteiger partial charge in [-0.1, -0.05) is 0 Å². The number of amides is 1. The van der Waals surface area contributed by atoms with Gasteiger partial charge in [0.25, 0.3) is 5.91 Å². The van der Waals surface area contributed by atoms with Crippen LogP contribution in [0.2, 0.25) is 0 Å². The molecule has 1 aromatic carbocycles. The zero-order valence-electron chi connectivity index (χ0n) is 10.6. The molecule has 0 heterocycles. The SMILES string of the molecule is CC(C)N(CCCN)C(=O)c1cc(F)ccc1F. The Labute approximate surface area is 106 Å². The molecule has 0 atom stereocenters. The van der Waals surface area contributed by atoms with E-state index in [4.69, 9.17) is 5.73 Å². The summed E-state index contributed by atoms with van der Waals surface area (Å²) in [5.41, 5.74) is 5.16. The highest BCUT2D eigenvalue weighted by atomic mass is 19.1. The van der Waals surface area contributed by atoms with Crippen molar-refractivity contribution in [3.63, 3.8) is 0 Å². The van der Waals surface area contributed by atoms with Crippen molar-refractivity contribution >= 4 is 5.91 Å². The van der Waals surface area contributed by atoms with E-state index in [1.54, 1.807) is 0 Å². The third-order valence-electron chi connectivity index (χ3n) is 2.65. The van der Waals surface area contributed by atoms with E-state index in [0.717, 1.165) is 18.2 Å². The number of nitrogens with zero attached hydrogens (tertiary/aromatic N) is 1. The van der Waals surface area contributed by atoms with Crippen LogP contribution in [0.15, 0.2) is 18.2 Å². The second-order valence-corrected chi connectivity index (χ2v) is 4.36. The van der Waals surface area contributed by atoms with Crippen LogP contribution < -0.4 is 5.73 Å². The van der Waals surface area contributed by atoms with Crippen LogP contribution in [0.5, 0.6) is 0 Å². The predicted octanol–water partition coefficient (Wildman–Crippen LogP) is 2.16. The third-order valence-corrected chi connectivity index (χ3v) is 2.65. The summed E-state index contributed by atoms with van der Waals surface area (Å²) >= 11 is 0. The van der Waals surface area contributed by atoms with Crippen molar-refractivity contribution < 1.29 is 13.6 Å². The van der Waals surface area contributed by atoms with Crippen molar-refractivity contribution in [3.05, 3.63) is 35.4 Å². The van der Waals surface area contributed by atoms with Crippen molar-refractivity contribution in [2.24, 2.45) is 5.73 Å². The van der Waals surface area contributed by atoms with Gasteiger partial charge in [-0.2, -0.15) is 0 Å². The van der Waals surface area contributed by atoms with Gasteiger partial charge in [-0.15, -0.1) is 0 Å². The lowest BCUT2D eigenvalue weighted by Gasteiger charge is -2.26. The van der Waals surface area contributed by atoms with E-state index >= 15 is 0 Å². The lowest BCUT2D eigenvalue weighted by Crippen LogP contribution is -2.38. The molecule has 0 bridgehead atoms.